The van der Waals surface area contributed by atoms with Gasteiger partial charge in [-0.15, -0.1) is 23.1 Å². The number of aliphatic hydroxyl groups is 1. The largest absolute Gasteiger partial charge is 0.490 e. The van der Waals surface area contributed by atoms with Crippen molar-refractivity contribution < 1.29 is 14.6 Å². The van der Waals surface area contributed by atoms with Crippen molar-refractivity contribution in [3.05, 3.63) is 28.9 Å². The second kappa shape index (κ2) is 8.64. The van der Waals surface area contributed by atoms with Crippen LogP contribution in [0.2, 0.25) is 0 Å². The maximum Gasteiger partial charge on any atom is 0.276 e. The van der Waals surface area contributed by atoms with Crippen molar-refractivity contribution in [1.29, 1.82) is 0 Å². The lowest BCUT2D eigenvalue weighted by atomic mass is 10.3. The van der Waals surface area contributed by atoms with Gasteiger partial charge >= 0.3 is 0 Å². The van der Waals surface area contributed by atoms with E-state index in [1.54, 1.807) is 12.3 Å². The minimum absolute atomic E-state index is 0.0555. The molecule has 2 N–H and O–H groups in total. The fourth-order valence-electron chi connectivity index (χ4n) is 2.66. The Morgan fingerprint density at radius 2 is 2.24 bits per heavy atom. The predicted octanol–water partition coefficient (Wildman–Crippen LogP) is 3.50. The van der Waals surface area contributed by atoms with Crippen molar-refractivity contribution in [3.8, 4) is 5.75 Å². The summed E-state index contributed by atoms with van der Waals surface area (Å²) in [4.78, 5) is 22.1. The molecule has 0 aliphatic heterocycles. The number of hydrogen-bond acceptors (Lipinski definition) is 7. The molecule has 0 spiro atoms. The molecule has 1 amide bonds. The molecule has 8 heteroatoms. The minimum atomic E-state index is -0.308. The van der Waals surface area contributed by atoms with E-state index in [2.05, 4.69) is 15.3 Å². The number of aryl methyl sites for hydroxylation is 1. The van der Waals surface area contributed by atoms with Gasteiger partial charge in [-0.25, -0.2) is 9.97 Å². The molecule has 0 radical (unpaired) electrons. The molecule has 1 aliphatic carbocycles. The molecular weight excluding hydrogens is 358 g/mol. The summed E-state index contributed by atoms with van der Waals surface area (Å²) in [7, 11) is 0. The second-order valence-corrected chi connectivity index (χ2v) is 8.20. The molecule has 2 aromatic rings. The van der Waals surface area contributed by atoms with Gasteiger partial charge in [0.1, 0.15) is 16.5 Å². The van der Waals surface area contributed by atoms with Crippen LogP contribution in [0, 0.1) is 6.92 Å². The highest BCUT2D eigenvalue weighted by molar-refractivity contribution is 7.99. The van der Waals surface area contributed by atoms with Crippen LogP contribution in [-0.2, 0) is 0 Å². The maximum atomic E-state index is 12.5. The molecule has 25 heavy (non-hydrogen) atoms. The fourth-order valence-corrected chi connectivity index (χ4v) is 3.98. The molecule has 1 aliphatic rings. The first-order valence-electron chi connectivity index (χ1n) is 8.30. The van der Waals surface area contributed by atoms with E-state index in [0.29, 0.717) is 27.4 Å². The Morgan fingerprint density at radius 1 is 1.44 bits per heavy atom. The van der Waals surface area contributed by atoms with Crippen molar-refractivity contribution in [2.45, 2.75) is 43.7 Å². The first-order valence-corrected chi connectivity index (χ1v) is 10.1. The molecule has 6 nitrogen and oxygen atoms in total. The Labute approximate surface area is 155 Å². The second-order valence-electron chi connectivity index (χ2n) is 5.85. The van der Waals surface area contributed by atoms with E-state index in [-0.39, 0.29) is 18.6 Å². The van der Waals surface area contributed by atoms with Crippen LogP contribution in [0.5, 0.6) is 5.75 Å². The highest BCUT2D eigenvalue weighted by atomic mass is 32.2. The number of carbonyl (C=O) groups excluding carboxylic acids is 1. The summed E-state index contributed by atoms with van der Waals surface area (Å²) in [6.07, 6.45) is 6.37. The fraction of sp³-hybridized carbons (Fsp3) is 0.471. The number of nitrogens with one attached hydrogen (secondary N) is 1. The molecule has 0 saturated heterocycles. The van der Waals surface area contributed by atoms with Crippen molar-refractivity contribution in [3.63, 3.8) is 0 Å². The normalized spacial score (nSPS) is 14.6. The molecule has 0 aromatic carbocycles. The smallest absolute Gasteiger partial charge is 0.276 e. The van der Waals surface area contributed by atoms with Crippen molar-refractivity contribution in [2.75, 3.05) is 17.7 Å². The zero-order valence-corrected chi connectivity index (χ0v) is 15.7. The standard InChI is InChI=1S/C17H21N3O3S2/c1-11-10-18-17(25-11)20-16(22)14-8-13(23-12-4-2-3-5-12)9-15(19-14)24-7-6-21/h8-10,12,21H,2-7H2,1H3,(H,18,20,22). The Kier molecular flexibility index (Phi) is 6.28. The Bertz CT molecular complexity index is 730. The van der Waals surface area contributed by atoms with E-state index in [1.807, 2.05) is 13.0 Å². The van der Waals surface area contributed by atoms with Gasteiger partial charge in [0.25, 0.3) is 5.91 Å². The molecule has 0 bridgehead atoms. The first kappa shape index (κ1) is 18.2. The number of aliphatic hydroxyl groups excluding tert-OH is 1. The molecule has 2 aromatic heterocycles. The number of nitrogens with zero attached hydrogens (tertiary/aromatic N) is 2. The van der Waals surface area contributed by atoms with E-state index in [9.17, 15) is 4.79 Å². The number of thioether (sulfide) groups is 1. The van der Waals surface area contributed by atoms with Gasteiger partial charge in [-0.2, -0.15) is 0 Å². The van der Waals surface area contributed by atoms with E-state index in [0.717, 1.165) is 17.7 Å². The average Bonchev–Trinajstić information content (AvgIpc) is 3.24. The third-order valence-electron chi connectivity index (χ3n) is 3.80. The quantitative estimate of drug-likeness (QED) is 0.716. The summed E-state index contributed by atoms with van der Waals surface area (Å²) in [6, 6.07) is 3.51. The zero-order valence-electron chi connectivity index (χ0n) is 14.0. The van der Waals surface area contributed by atoms with Gasteiger partial charge in [-0.1, -0.05) is 0 Å². The van der Waals surface area contributed by atoms with Gasteiger partial charge in [0, 0.05) is 29.0 Å². The van der Waals surface area contributed by atoms with Gasteiger partial charge in [-0.3, -0.25) is 10.1 Å². The number of rotatable bonds is 7. The lowest BCUT2D eigenvalue weighted by molar-refractivity contribution is 0.102. The molecule has 0 unspecified atom stereocenters. The number of thiazole rings is 1. The maximum absolute atomic E-state index is 12.5. The van der Waals surface area contributed by atoms with E-state index >= 15 is 0 Å². The molecule has 3 rings (SSSR count). The number of amides is 1. The van der Waals surface area contributed by atoms with E-state index in [4.69, 9.17) is 9.84 Å². The third kappa shape index (κ3) is 5.17. The van der Waals surface area contributed by atoms with Crippen LogP contribution in [0.25, 0.3) is 0 Å². The van der Waals surface area contributed by atoms with Crippen LogP contribution in [-0.4, -0.2) is 39.4 Å². The molecule has 134 valence electrons. The number of pyridine rings is 1. The SMILES string of the molecule is Cc1cnc(NC(=O)c2cc(OC3CCCC3)cc(SCCO)n2)s1. The van der Waals surface area contributed by atoms with Crippen molar-refractivity contribution in [2.24, 2.45) is 0 Å². The van der Waals surface area contributed by atoms with Crippen LogP contribution >= 0.6 is 23.1 Å². The zero-order chi connectivity index (χ0) is 17.6. The van der Waals surface area contributed by atoms with Crippen LogP contribution in [0.15, 0.2) is 23.4 Å². The van der Waals surface area contributed by atoms with Gasteiger partial charge in [0.05, 0.1) is 12.7 Å². The number of anilines is 1. The molecular formula is C17H21N3O3S2. The molecule has 1 saturated carbocycles. The predicted molar refractivity (Wildman–Crippen MR) is 99.7 cm³/mol. The molecule has 2 heterocycles. The Morgan fingerprint density at radius 3 is 2.92 bits per heavy atom. The van der Waals surface area contributed by atoms with Crippen LogP contribution in [0.4, 0.5) is 5.13 Å². The van der Waals surface area contributed by atoms with E-state index < -0.39 is 0 Å². The third-order valence-corrected chi connectivity index (χ3v) is 5.52. The molecule has 0 atom stereocenters. The lowest BCUT2D eigenvalue weighted by Gasteiger charge is -2.14. The van der Waals surface area contributed by atoms with Crippen LogP contribution < -0.4 is 10.1 Å². The topological polar surface area (TPSA) is 84.3 Å². The highest BCUT2D eigenvalue weighted by Crippen LogP contribution is 2.28. The monoisotopic (exact) mass is 379 g/mol. The number of ether oxygens (including phenoxy) is 1. The summed E-state index contributed by atoms with van der Waals surface area (Å²) in [5, 5.41) is 13.0. The highest BCUT2D eigenvalue weighted by Gasteiger charge is 2.19. The summed E-state index contributed by atoms with van der Waals surface area (Å²) < 4.78 is 6.03. The minimum Gasteiger partial charge on any atom is -0.490 e. The number of carbonyl (C=O) groups is 1. The van der Waals surface area contributed by atoms with E-state index in [1.165, 1.54) is 35.9 Å². The Hall–Kier alpha value is -1.64. The first-order chi connectivity index (χ1) is 12.1. The summed E-state index contributed by atoms with van der Waals surface area (Å²) in [5.41, 5.74) is 0.295. The Balaban J connectivity index is 1.78. The summed E-state index contributed by atoms with van der Waals surface area (Å²) in [5.74, 6) is 0.868. The van der Waals surface area contributed by atoms with Gasteiger partial charge in [0.2, 0.25) is 0 Å². The van der Waals surface area contributed by atoms with Crippen LogP contribution in [0.1, 0.15) is 41.0 Å². The average molecular weight is 380 g/mol. The molecule has 1 fully saturated rings. The van der Waals surface area contributed by atoms with Gasteiger partial charge in [0.15, 0.2) is 5.13 Å². The van der Waals surface area contributed by atoms with Gasteiger partial charge in [-0.05, 0) is 32.6 Å². The summed E-state index contributed by atoms with van der Waals surface area (Å²) >= 11 is 2.82. The van der Waals surface area contributed by atoms with Crippen molar-refractivity contribution >= 4 is 34.1 Å². The van der Waals surface area contributed by atoms with Gasteiger partial charge < -0.3 is 9.84 Å². The number of hydrogen-bond donors (Lipinski definition) is 2. The number of aromatic nitrogens is 2. The summed E-state index contributed by atoms with van der Waals surface area (Å²) in [6.45, 7) is 1.99. The van der Waals surface area contributed by atoms with Crippen LogP contribution in [0.3, 0.4) is 0 Å². The lowest BCUT2D eigenvalue weighted by Crippen LogP contribution is -2.16. The van der Waals surface area contributed by atoms with Crippen molar-refractivity contribution in [1.82, 2.24) is 9.97 Å².